The van der Waals surface area contributed by atoms with Crippen molar-refractivity contribution in [1.29, 1.82) is 0 Å². The summed E-state index contributed by atoms with van der Waals surface area (Å²) in [5.74, 6) is -1.06. The normalized spacial score (nSPS) is 11.9. The Morgan fingerprint density at radius 1 is 1.28 bits per heavy atom. The minimum absolute atomic E-state index is 0.259. The fourth-order valence-electron chi connectivity index (χ4n) is 1.80. The van der Waals surface area contributed by atoms with E-state index in [1.165, 1.54) is 11.8 Å². The van der Waals surface area contributed by atoms with Gasteiger partial charge in [0, 0.05) is 0 Å². The van der Waals surface area contributed by atoms with Crippen molar-refractivity contribution >= 4 is 23.6 Å². The highest BCUT2D eigenvalue weighted by Gasteiger charge is 2.22. The smallest absolute Gasteiger partial charge is 0.330 e. The van der Waals surface area contributed by atoms with Crippen LogP contribution in [0.25, 0.3) is 0 Å². The highest BCUT2D eigenvalue weighted by molar-refractivity contribution is 7.99. The van der Waals surface area contributed by atoms with Crippen molar-refractivity contribution in [3.05, 3.63) is 34.9 Å². The number of carboxylic acids is 1. The molecule has 18 heavy (non-hydrogen) atoms. The van der Waals surface area contributed by atoms with Gasteiger partial charge in [-0.25, -0.2) is 4.79 Å². The number of carboxylic acid groups (broad SMARTS) is 1. The largest absolute Gasteiger partial charge is 0.479 e. The monoisotopic (exact) mass is 267 g/mol. The zero-order chi connectivity index (χ0) is 13.7. The number of aryl methyl sites for hydroxylation is 2. The molecule has 1 amide bonds. The Bertz CT molecular complexity index is 439. The molecule has 0 radical (unpaired) electrons. The lowest BCUT2D eigenvalue weighted by Crippen LogP contribution is -2.34. The minimum Gasteiger partial charge on any atom is -0.479 e. The maximum atomic E-state index is 11.5. The third kappa shape index (κ3) is 4.07. The summed E-state index contributed by atoms with van der Waals surface area (Å²) in [6.45, 7) is 3.80. The van der Waals surface area contributed by atoms with Crippen molar-refractivity contribution in [3.8, 4) is 0 Å². The zero-order valence-electron chi connectivity index (χ0n) is 10.7. The Morgan fingerprint density at radius 3 is 2.28 bits per heavy atom. The van der Waals surface area contributed by atoms with E-state index in [4.69, 9.17) is 0 Å². The second kappa shape index (κ2) is 6.44. The zero-order valence-corrected chi connectivity index (χ0v) is 11.5. The van der Waals surface area contributed by atoms with E-state index >= 15 is 0 Å². The van der Waals surface area contributed by atoms with Gasteiger partial charge in [0.25, 0.3) is 0 Å². The molecule has 0 bridgehead atoms. The van der Waals surface area contributed by atoms with Gasteiger partial charge >= 0.3 is 5.97 Å². The average Bonchev–Trinajstić information content (AvgIpc) is 2.24. The number of carbonyl (C=O) groups is 2. The summed E-state index contributed by atoms with van der Waals surface area (Å²) >= 11 is 1.36. The first kappa shape index (κ1) is 14.6. The molecular weight excluding hydrogens is 250 g/mol. The Kier molecular flexibility index (Phi) is 5.22. The van der Waals surface area contributed by atoms with Gasteiger partial charge < -0.3 is 10.4 Å². The molecule has 0 aliphatic rings. The first-order chi connectivity index (χ1) is 8.43. The summed E-state index contributed by atoms with van der Waals surface area (Å²) in [6, 6.07) is 4.55. The predicted octanol–water partition coefficient (Wildman–Crippen LogP) is 1.91. The minimum atomic E-state index is -1.05. The molecule has 0 fully saturated rings. The molecular formula is C13H17NO3S. The molecule has 0 aliphatic heterocycles. The number of aliphatic carboxylic acids is 1. The van der Waals surface area contributed by atoms with E-state index in [1.54, 1.807) is 18.4 Å². The van der Waals surface area contributed by atoms with Crippen molar-refractivity contribution in [1.82, 2.24) is 5.32 Å². The maximum absolute atomic E-state index is 11.5. The van der Waals surface area contributed by atoms with E-state index in [0.717, 1.165) is 11.1 Å². The Balaban J connectivity index is 2.97. The molecule has 1 atom stereocenters. The van der Waals surface area contributed by atoms with Gasteiger partial charge in [-0.1, -0.05) is 29.3 Å². The number of benzene rings is 1. The Hall–Kier alpha value is -1.49. The van der Waals surface area contributed by atoms with Gasteiger partial charge in [0.1, 0.15) is 0 Å². The lowest BCUT2D eigenvalue weighted by atomic mass is 10.0. The molecule has 2 N–H and O–H groups in total. The summed E-state index contributed by atoms with van der Waals surface area (Å²) in [4.78, 5) is 22.7. The van der Waals surface area contributed by atoms with Crippen LogP contribution in [0.3, 0.4) is 0 Å². The van der Waals surface area contributed by atoms with Crippen LogP contribution in [-0.2, 0) is 9.59 Å². The molecule has 0 saturated carbocycles. The number of thioether (sulfide) groups is 1. The van der Waals surface area contributed by atoms with Crippen LogP contribution in [0.1, 0.15) is 22.7 Å². The molecule has 1 aromatic carbocycles. The average molecular weight is 267 g/mol. The van der Waals surface area contributed by atoms with Crippen LogP contribution in [0.4, 0.5) is 0 Å². The first-order valence-electron chi connectivity index (χ1n) is 5.53. The fourth-order valence-corrected chi connectivity index (χ4v) is 2.14. The van der Waals surface area contributed by atoms with Gasteiger partial charge in [-0.05, 0) is 25.7 Å². The molecule has 0 aromatic heterocycles. The van der Waals surface area contributed by atoms with Crippen LogP contribution < -0.4 is 5.32 Å². The van der Waals surface area contributed by atoms with E-state index in [2.05, 4.69) is 5.32 Å². The van der Waals surface area contributed by atoms with E-state index < -0.39 is 12.0 Å². The molecule has 0 aliphatic carbocycles. The number of amides is 1. The molecule has 1 rings (SSSR count). The molecule has 1 aromatic rings. The topological polar surface area (TPSA) is 66.4 Å². The highest BCUT2D eigenvalue weighted by Crippen LogP contribution is 2.17. The predicted molar refractivity (Wildman–Crippen MR) is 72.8 cm³/mol. The third-order valence-electron chi connectivity index (χ3n) is 2.41. The van der Waals surface area contributed by atoms with E-state index in [1.807, 2.05) is 19.9 Å². The van der Waals surface area contributed by atoms with E-state index in [0.29, 0.717) is 5.56 Å². The van der Waals surface area contributed by atoms with Gasteiger partial charge in [0.05, 0.1) is 5.75 Å². The van der Waals surface area contributed by atoms with Crippen LogP contribution in [0, 0.1) is 13.8 Å². The number of hydrogen-bond acceptors (Lipinski definition) is 3. The summed E-state index contributed by atoms with van der Waals surface area (Å²) in [7, 11) is 0. The van der Waals surface area contributed by atoms with Crippen LogP contribution in [-0.4, -0.2) is 29.0 Å². The first-order valence-corrected chi connectivity index (χ1v) is 6.92. The van der Waals surface area contributed by atoms with E-state index in [9.17, 15) is 14.7 Å². The molecule has 98 valence electrons. The SMILES string of the molecule is CSCC(=O)NC(C(=O)O)c1cc(C)cc(C)c1. The van der Waals surface area contributed by atoms with Crippen molar-refractivity contribution < 1.29 is 14.7 Å². The quantitative estimate of drug-likeness (QED) is 0.855. The number of hydrogen-bond donors (Lipinski definition) is 2. The van der Waals surface area contributed by atoms with Crippen LogP contribution in [0.5, 0.6) is 0 Å². The maximum Gasteiger partial charge on any atom is 0.330 e. The molecule has 0 heterocycles. The van der Waals surface area contributed by atoms with Gasteiger partial charge in [-0.2, -0.15) is 11.8 Å². The van der Waals surface area contributed by atoms with Crippen molar-refractivity contribution in [3.63, 3.8) is 0 Å². The molecule has 0 spiro atoms. The van der Waals surface area contributed by atoms with Crippen molar-refractivity contribution in [2.24, 2.45) is 0 Å². The van der Waals surface area contributed by atoms with Crippen LogP contribution >= 0.6 is 11.8 Å². The van der Waals surface area contributed by atoms with Crippen molar-refractivity contribution in [2.45, 2.75) is 19.9 Å². The number of rotatable bonds is 5. The second-order valence-corrected chi connectivity index (χ2v) is 5.06. The molecule has 0 saturated heterocycles. The van der Waals surface area contributed by atoms with Crippen LogP contribution in [0.2, 0.25) is 0 Å². The van der Waals surface area contributed by atoms with Crippen molar-refractivity contribution in [2.75, 3.05) is 12.0 Å². The molecule has 5 heteroatoms. The summed E-state index contributed by atoms with van der Waals surface area (Å²) in [6.07, 6.45) is 1.80. The number of nitrogens with one attached hydrogen (secondary N) is 1. The summed E-state index contributed by atoms with van der Waals surface area (Å²) in [5, 5.41) is 11.7. The standard InChI is InChI=1S/C13H17NO3S/c1-8-4-9(2)6-10(5-8)12(13(16)17)14-11(15)7-18-3/h4-6,12H,7H2,1-3H3,(H,14,15)(H,16,17). The molecule has 4 nitrogen and oxygen atoms in total. The highest BCUT2D eigenvalue weighted by atomic mass is 32.2. The van der Waals surface area contributed by atoms with Gasteiger partial charge in [0.15, 0.2) is 6.04 Å². The summed E-state index contributed by atoms with van der Waals surface area (Å²) < 4.78 is 0. The van der Waals surface area contributed by atoms with Gasteiger partial charge in [-0.15, -0.1) is 0 Å². The Labute approximate surface area is 111 Å². The lowest BCUT2D eigenvalue weighted by Gasteiger charge is -2.16. The lowest BCUT2D eigenvalue weighted by molar-refractivity contribution is -0.141. The van der Waals surface area contributed by atoms with E-state index in [-0.39, 0.29) is 11.7 Å². The molecule has 1 unspecified atom stereocenters. The second-order valence-electron chi connectivity index (χ2n) is 4.19. The van der Waals surface area contributed by atoms with Crippen LogP contribution in [0.15, 0.2) is 18.2 Å². The summed E-state index contributed by atoms with van der Waals surface area (Å²) in [5.41, 5.74) is 2.57. The fraction of sp³-hybridized carbons (Fsp3) is 0.385. The third-order valence-corrected chi connectivity index (χ3v) is 2.96. The van der Waals surface area contributed by atoms with Gasteiger partial charge in [-0.3, -0.25) is 4.79 Å². The Morgan fingerprint density at radius 2 is 1.83 bits per heavy atom. The van der Waals surface area contributed by atoms with Gasteiger partial charge in [0.2, 0.25) is 5.91 Å². The number of carbonyl (C=O) groups excluding carboxylic acids is 1.